The molecule has 5 rings (SSSR count). The van der Waals surface area contributed by atoms with Crippen molar-refractivity contribution in [1.29, 1.82) is 0 Å². The molecule has 0 aliphatic carbocycles. The number of benzene rings is 2. The summed E-state index contributed by atoms with van der Waals surface area (Å²) in [5, 5.41) is 0.573. The van der Waals surface area contributed by atoms with Crippen molar-refractivity contribution in [2.24, 2.45) is 4.99 Å². The molecule has 0 saturated carbocycles. The van der Waals surface area contributed by atoms with Gasteiger partial charge in [-0.25, -0.2) is 9.79 Å². The lowest BCUT2D eigenvalue weighted by Crippen LogP contribution is -2.39. The number of carbonyl (C=O) groups is 1. The number of aryl methyl sites for hydroxylation is 2. The van der Waals surface area contributed by atoms with Gasteiger partial charge < -0.3 is 9.30 Å². The first-order valence-corrected chi connectivity index (χ1v) is 13.6. The summed E-state index contributed by atoms with van der Waals surface area (Å²) in [5.41, 5.74) is 6.78. The van der Waals surface area contributed by atoms with Crippen molar-refractivity contribution in [3.63, 3.8) is 0 Å². The third-order valence-electron chi connectivity index (χ3n) is 6.75. The van der Waals surface area contributed by atoms with Gasteiger partial charge in [-0.05, 0) is 82.2 Å². The predicted octanol–water partition coefficient (Wildman–Crippen LogP) is 5.17. The molecule has 2 aromatic heterocycles. The maximum atomic E-state index is 13.9. The summed E-state index contributed by atoms with van der Waals surface area (Å²) < 4.78 is 9.68. The molecule has 0 radical (unpaired) electrons. The van der Waals surface area contributed by atoms with E-state index in [0.717, 1.165) is 28.2 Å². The molecule has 1 atom stereocenters. The molecule has 0 amide bonds. The number of halogens is 1. The summed E-state index contributed by atoms with van der Waals surface area (Å²) in [5.74, 6) is -0.482. The van der Waals surface area contributed by atoms with Crippen molar-refractivity contribution >= 4 is 35.0 Å². The number of fused-ring (bicyclic) bond motifs is 1. The van der Waals surface area contributed by atoms with E-state index in [9.17, 15) is 9.59 Å². The molecule has 3 heterocycles. The first-order valence-electron chi connectivity index (χ1n) is 12.4. The Labute approximate surface area is 229 Å². The van der Waals surface area contributed by atoms with Crippen LogP contribution in [0, 0.1) is 20.8 Å². The highest BCUT2D eigenvalue weighted by Gasteiger charge is 2.33. The second-order valence-corrected chi connectivity index (χ2v) is 10.8. The van der Waals surface area contributed by atoms with Gasteiger partial charge in [-0.1, -0.05) is 52.8 Å². The fourth-order valence-electron chi connectivity index (χ4n) is 4.92. The fraction of sp³-hybridized carbons (Fsp3) is 0.233. The molecular weight excluding hydrogens is 518 g/mol. The highest BCUT2D eigenvalue weighted by molar-refractivity contribution is 7.07. The molecule has 2 aromatic carbocycles. The fourth-order valence-corrected chi connectivity index (χ4v) is 6.08. The van der Waals surface area contributed by atoms with Crippen LogP contribution in [0.3, 0.4) is 0 Å². The molecule has 0 saturated heterocycles. The van der Waals surface area contributed by atoms with E-state index < -0.39 is 12.0 Å². The lowest BCUT2D eigenvalue weighted by Gasteiger charge is -2.24. The number of aromatic nitrogens is 2. The zero-order valence-corrected chi connectivity index (χ0v) is 23.5. The van der Waals surface area contributed by atoms with Crippen LogP contribution in [0.15, 0.2) is 75.7 Å². The lowest BCUT2D eigenvalue weighted by atomic mass is 9.96. The number of allylic oxidation sites excluding steroid dienone is 1. The number of ether oxygens (including phenoxy) is 1. The summed E-state index contributed by atoms with van der Waals surface area (Å²) in [6.07, 6.45) is 1.92. The van der Waals surface area contributed by atoms with Crippen LogP contribution in [0.5, 0.6) is 0 Å². The zero-order chi connectivity index (χ0) is 27.1. The van der Waals surface area contributed by atoms with E-state index in [1.54, 1.807) is 30.5 Å². The number of hydrogen-bond acceptors (Lipinski definition) is 5. The number of hydrogen-bond donors (Lipinski definition) is 0. The van der Waals surface area contributed by atoms with E-state index in [4.69, 9.17) is 16.3 Å². The molecule has 38 heavy (non-hydrogen) atoms. The Kier molecular flexibility index (Phi) is 6.99. The Morgan fingerprint density at radius 3 is 2.42 bits per heavy atom. The second-order valence-electron chi connectivity index (χ2n) is 9.35. The van der Waals surface area contributed by atoms with Gasteiger partial charge in [0.05, 0.1) is 28.5 Å². The molecule has 6 nitrogen and oxygen atoms in total. The molecule has 0 N–H and O–H groups in total. The summed E-state index contributed by atoms with van der Waals surface area (Å²) >= 11 is 7.46. The molecule has 1 aliphatic heterocycles. The smallest absolute Gasteiger partial charge is 0.338 e. The number of rotatable bonds is 5. The average molecular weight is 546 g/mol. The zero-order valence-electron chi connectivity index (χ0n) is 21.9. The highest BCUT2D eigenvalue weighted by atomic mass is 35.5. The van der Waals surface area contributed by atoms with Crippen LogP contribution >= 0.6 is 22.9 Å². The Morgan fingerprint density at radius 2 is 1.76 bits per heavy atom. The van der Waals surface area contributed by atoms with E-state index in [0.29, 0.717) is 25.6 Å². The van der Waals surface area contributed by atoms with Crippen LogP contribution in [0.4, 0.5) is 0 Å². The Morgan fingerprint density at radius 1 is 1.08 bits per heavy atom. The van der Waals surface area contributed by atoms with E-state index >= 15 is 0 Å². The Bertz CT molecular complexity index is 1760. The summed E-state index contributed by atoms with van der Waals surface area (Å²) in [4.78, 5) is 32.1. The highest BCUT2D eigenvalue weighted by Crippen LogP contribution is 2.31. The quantitative estimate of drug-likeness (QED) is 0.325. The van der Waals surface area contributed by atoms with Crippen molar-refractivity contribution in [2.45, 2.75) is 40.7 Å². The molecule has 4 aromatic rings. The first kappa shape index (κ1) is 25.9. The van der Waals surface area contributed by atoms with E-state index in [1.165, 1.54) is 16.9 Å². The Hall–Kier alpha value is -3.68. The SMILES string of the molecule is CCOC(=O)C1=C(C)N=c2s/c(=C/c3cc(C)n(-c4ccc(C)cc4)c3C)c(=O)n2C1c1ccc(Cl)cc1. The number of carbonyl (C=O) groups excluding carboxylic acids is 1. The number of esters is 1. The van der Waals surface area contributed by atoms with E-state index in [2.05, 4.69) is 60.7 Å². The maximum Gasteiger partial charge on any atom is 0.338 e. The minimum absolute atomic E-state index is 0.205. The van der Waals surface area contributed by atoms with Gasteiger partial charge in [0, 0.05) is 22.1 Å². The van der Waals surface area contributed by atoms with E-state index in [1.807, 2.05) is 18.2 Å². The number of nitrogens with zero attached hydrogens (tertiary/aromatic N) is 3. The third-order valence-corrected chi connectivity index (χ3v) is 7.99. The molecule has 8 heteroatoms. The standard InChI is InChI=1S/C30H28ClN3O3S/c1-6-37-29(36)26-19(4)32-30-34(27(26)21-9-11-23(31)12-10-21)28(35)25(38-30)16-22-15-18(3)33(20(22)5)24-13-7-17(2)8-14-24/h7-16,27H,6H2,1-5H3/b25-16+. The van der Waals surface area contributed by atoms with Gasteiger partial charge in [0.2, 0.25) is 0 Å². The van der Waals surface area contributed by atoms with Crippen molar-refractivity contribution in [3.05, 3.63) is 119 Å². The predicted molar refractivity (Wildman–Crippen MR) is 152 cm³/mol. The van der Waals surface area contributed by atoms with Crippen LogP contribution in [0.25, 0.3) is 11.8 Å². The monoisotopic (exact) mass is 545 g/mol. The minimum atomic E-state index is -0.662. The first-order chi connectivity index (χ1) is 18.2. The summed E-state index contributed by atoms with van der Waals surface area (Å²) in [6, 6.07) is 17.0. The normalized spacial score (nSPS) is 15.4. The molecule has 0 spiro atoms. The van der Waals surface area contributed by atoms with Gasteiger partial charge in [-0.15, -0.1) is 0 Å². The summed E-state index contributed by atoms with van der Waals surface area (Å²) in [7, 11) is 0. The maximum absolute atomic E-state index is 13.9. The molecule has 1 unspecified atom stereocenters. The number of thiazole rings is 1. The van der Waals surface area contributed by atoms with Gasteiger partial charge in [-0.3, -0.25) is 9.36 Å². The van der Waals surface area contributed by atoms with Crippen LogP contribution in [0.1, 0.15) is 48.0 Å². The second kappa shape index (κ2) is 10.2. The van der Waals surface area contributed by atoms with Gasteiger partial charge in [-0.2, -0.15) is 0 Å². The lowest BCUT2D eigenvalue weighted by molar-refractivity contribution is -0.139. The Balaban J connectivity index is 1.68. The van der Waals surface area contributed by atoms with Gasteiger partial charge in [0.15, 0.2) is 4.80 Å². The molecule has 0 fully saturated rings. The van der Waals surface area contributed by atoms with Crippen LogP contribution in [-0.4, -0.2) is 21.7 Å². The van der Waals surface area contributed by atoms with Crippen LogP contribution in [-0.2, 0) is 9.53 Å². The van der Waals surface area contributed by atoms with Crippen molar-refractivity contribution in [2.75, 3.05) is 6.61 Å². The minimum Gasteiger partial charge on any atom is -0.463 e. The molecule has 194 valence electrons. The summed E-state index contributed by atoms with van der Waals surface area (Å²) in [6.45, 7) is 9.94. The van der Waals surface area contributed by atoms with Gasteiger partial charge in [0.1, 0.15) is 0 Å². The van der Waals surface area contributed by atoms with Crippen molar-refractivity contribution < 1.29 is 9.53 Å². The third kappa shape index (κ3) is 4.57. The van der Waals surface area contributed by atoms with Crippen LogP contribution < -0.4 is 14.9 Å². The van der Waals surface area contributed by atoms with Crippen LogP contribution in [0.2, 0.25) is 5.02 Å². The van der Waals surface area contributed by atoms with E-state index in [-0.39, 0.29) is 12.2 Å². The molecular formula is C30H28ClN3O3S. The molecule has 0 bridgehead atoms. The van der Waals surface area contributed by atoms with Crippen molar-refractivity contribution in [1.82, 2.24) is 9.13 Å². The van der Waals surface area contributed by atoms with Gasteiger partial charge in [0.25, 0.3) is 5.56 Å². The molecule has 1 aliphatic rings. The van der Waals surface area contributed by atoms with Crippen molar-refractivity contribution in [3.8, 4) is 5.69 Å². The topological polar surface area (TPSA) is 65.6 Å². The van der Waals surface area contributed by atoms with Gasteiger partial charge >= 0.3 is 5.97 Å². The largest absolute Gasteiger partial charge is 0.463 e. The average Bonchev–Trinajstić information content (AvgIpc) is 3.34.